The maximum Gasteiger partial charge on any atom is 0.324 e. The predicted octanol–water partition coefficient (Wildman–Crippen LogP) is 3.35. The van der Waals surface area contributed by atoms with Crippen LogP contribution in [0.3, 0.4) is 0 Å². The van der Waals surface area contributed by atoms with E-state index in [-0.39, 0.29) is 17.6 Å². The van der Waals surface area contributed by atoms with Gasteiger partial charge in [-0.05, 0) is 36.2 Å². The largest absolute Gasteiger partial charge is 0.505 e. The molecule has 8 heteroatoms. The maximum atomic E-state index is 13.3. The summed E-state index contributed by atoms with van der Waals surface area (Å²) in [7, 11) is 1.77. The predicted molar refractivity (Wildman–Crippen MR) is 114 cm³/mol. The van der Waals surface area contributed by atoms with Gasteiger partial charge in [0, 0.05) is 55.9 Å². The molecule has 1 saturated heterocycles. The van der Waals surface area contributed by atoms with Crippen molar-refractivity contribution in [3.05, 3.63) is 65.1 Å². The number of phenols is 1. The van der Waals surface area contributed by atoms with E-state index in [4.69, 9.17) is 0 Å². The molecule has 5 rings (SSSR count). The van der Waals surface area contributed by atoms with Crippen molar-refractivity contribution in [2.24, 2.45) is 0 Å². The van der Waals surface area contributed by atoms with Crippen molar-refractivity contribution in [2.45, 2.75) is 25.7 Å². The summed E-state index contributed by atoms with van der Waals surface area (Å²) in [6.45, 7) is 1.95. The smallest absolute Gasteiger partial charge is 0.324 e. The molecule has 31 heavy (non-hydrogen) atoms. The third-order valence-electron chi connectivity index (χ3n) is 6.12. The van der Waals surface area contributed by atoms with E-state index in [1.54, 1.807) is 46.1 Å². The minimum atomic E-state index is -1.07. The topological polar surface area (TPSA) is 80.1 Å². The van der Waals surface area contributed by atoms with Crippen LogP contribution in [0.5, 0.6) is 5.75 Å². The third kappa shape index (κ3) is 3.19. The van der Waals surface area contributed by atoms with Gasteiger partial charge in [0.2, 0.25) is 0 Å². The number of hydrogen-bond acceptors (Lipinski definition) is 5. The van der Waals surface area contributed by atoms with Gasteiger partial charge in [-0.15, -0.1) is 0 Å². The fourth-order valence-electron chi connectivity index (χ4n) is 4.60. The van der Waals surface area contributed by atoms with Gasteiger partial charge in [-0.3, -0.25) is 14.8 Å². The van der Waals surface area contributed by atoms with Crippen LogP contribution < -0.4 is 4.90 Å². The Balaban J connectivity index is 1.63. The number of pyridine rings is 1. The van der Waals surface area contributed by atoms with Gasteiger partial charge in [-0.1, -0.05) is 12.1 Å². The number of aliphatic hydroxyl groups excluding tert-OH is 1. The standard InChI is InChI=1S/C23H23FN4O3/c1-26-10-3-11-28(23(26)31)20-16-4-2-9-25-19(16)21(29)18-17(20)13-27(22(18)30)12-14-5-7-15(24)8-6-14/h2,4-9,22,29-30H,3,10-13H2,1H3. The SMILES string of the molecule is CN1CCCN(c2c3c(c(O)c4ncccc24)C(O)N(Cc2ccc(F)cc2)C3)C1=O. The van der Waals surface area contributed by atoms with Crippen LogP contribution >= 0.6 is 0 Å². The van der Waals surface area contributed by atoms with E-state index in [1.807, 2.05) is 6.07 Å². The molecular formula is C23H23FN4O3. The van der Waals surface area contributed by atoms with Gasteiger partial charge in [0.25, 0.3) is 0 Å². The van der Waals surface area contributed by atoms with E-state index in [0.717, 1.165) is 17.5 Å². The Morgan fingerprint density at radius 3 is 2.74 bits per heavy atom. The van der Waals surface area contributed by atoms with Crippen LogP contribution in [-0.2, 0) is 13.1 Å². The lowest BCUT2D eigenvalue weighted by molar-refractivity contribution is 0.00655. The first-order valence-corrected chi connectivity index (χ1v) is 10.3. The van der Waals surface area contributed by atoms with E-state index in [9.17, 15) is 19.4 Å². The molecular weight excluding hydrogens is 399 g/mol. The molecule has 160 valence electrons. The van der Waals surface area contributed by atoms with E-state index >= 15 is 0 Å². The summed E-state index contributed by atoms with van der Waals surface area (Å²) in [5.41, 5.74) is 2.99. The molecule has 1 aromatic heterocycles. The number of fused-ring (bicyclic) bond motifs is 2. The van der Waals surface area contributed by atoms with Gasteiger partial charge >= 0.3 is 6.03 Å². The van der Waals surface area contributed by atoms with Crippen LogP contribution in [0.25, 0.3) is 10.9 Å². The second kappa shape index (κ2) is 7.47. The molecule has 1 atom stereocenters. The number of phenolic OH excluding ortho intramolecular Hbond substituents is 1. The zero-order chi connectivity index (χ0) is 21.7. The van der Waals surface area contributed by atoms with Crippen molar-refractivity contribution in [3.63, 3.8) is 0 Å². The number of aromatic nitrogens is 1. The highest BCUT2D eigenvalue weighted by Crippen LogP contribution is 2.48. The normalized spacial score (nSPS) is 19.3. The van der Waals surface area contributed by atoms with Crippen molar-refractivity contribution >= 4 is 22.6 Å². The summed E-state index contributed by atoms with van der Waals surface area (Å²) < 4.78 is 13.3. The Labute approximate surface area is 178 Å². The van der Waals surface area contributed by atoms with Gasteiger partial charge in [-0.2, -0.15) is 0 Å². The molecule has 7 nitrogen and oxygen atoms in total. The van der Waals surface area contributed by atoms with E-state index in [0.29, 0.717) is 48.3 Å². The lowest BCUT2D eigenvalue weighted by Crippen LogP contribution is -2.48. The molecule has 3 heterocycles. The number of nitrogens with zero attached hydrogens (tertiary/aromatic N) is 4. The van der Waals surface area contributed by atoms with Crippen LogP contribution in [0.1, 0.15) is 29.3 Å². The minimum absolute atomic E-state index is 0.0683. The molecule has 2 amide bonds. The van der Waals surface area contributed by atoms with Crippen LogP contribution in [0, 0.1) is 5.82 Å². The lowest BCUT2D eigenvalue weighted by Gasteiger charge is -2.35. The molecule has 0 saturated carbocycles. The van der Waals surface area contributed by atoms with Gasteiger partial charge in [-0.25, -0.2) is 9.18 Å². The van der Waals surface area contributed by atoms with Crippen molar-refractivity contribution in [1.82, 2.24) is 14.8 Å². The van der Waals surface area contributed by atoms with Gasteiger partial charge in [0.05, 0.1) is 5.69 Å². The zero-order valence-electron chi connectivity index (χ0n) is 17.1. The molecule has 3 aromatic rings. The molecule has 2 N–H and O–H groups in total. The van der Waals surface area contributed by atoms with Crippen molar-refractivity contribution in [1.29, 1.82) is 0 Å². The van der Waals surface area contributed by atoms with Crippen molar-refractivity contribution in [3.8, 4) is 5.75 Å². The first kappa shape index (κ1) is 19.7. The monoisotopic (exact) mass is 422 g/mol. The molecule has 1 unspecified atom stereocenters. The second-order valence-electron chi connectivity index (χ2n) is 8.10. The quantitative estimate of drug-likeness (QED) is 0.677. The Kier molecular flexibility index (Phi) is 4.75. The van der Waals surface area contributed by atoms with Crippen LogP contribution in [0.15, 0.2) is 42.6 Å². The fraction of sp³-hybridized carbons (Fsp3) is 0.304. The number of aromatic hydroxyl groups is 1. The molecule has 2 aliphatic heterocycles. The van der Waals surface area contributed by atoms with Crippen LogP contribution in [0.2, 0.25) is 0 Å². The highest BCUT2D eigenvalue weighted by atomic mass is 19.1. The number of amides is 2. The highest BCUT2D eigenvalue weighted by Gasteiger charge is 2.38. The van der Waals surface area contributed by atoms with E-state index < -0.39 is 6.23 Å². The molecule has 2 aromatic carbocycles. The number of carbonyl (C=O) groups excluding carboxylic acids is 1. The van der Waals surface area contributed by atoms with E-state index in [2.05, 4.69) is 4.98 Å². The summed E-state index contributed by atoms with van der Waals surface area (Å²) in [4.78, 5) is 22.5. The molecule has 0 spiro atoms. The van der Waals surface area contributed by atoms with Gasteiger partial charge < -0.3 is 15.1 Å². The Hall–Kier alpha value is -3.23. The Morgan fingerprint density at radius 2 is 1.97 bits per heavy atom. The second-order valence-corrected chi connectivity index (χ2v) is 8.10. The average Bonchev–Trinajstić information content (AvgIpc) is 3.09. The molecule has 2 aliphatic rings. The molecule has 1 fully saturated rings. The summed E-state index contributed by atoms with van der Waals surface area (Å²) >= 11 is 0. The Morgan fingerprint density at radius 1 is 1.19 bits per heavy atom. The summed E-state index contributed by atoms with van der Waals surface area (Å²) in [5.74, 6) is -0.389. The van der Waals surface area contributed by atoms with Gasteiger partial charge in [0.15, 0.2) is 0 Å². The number of halogens is 1. The van der Waals surface area contributed by atoms with Crippen LogP contribution in [0.4, 0.5) is 14.9 Å². The molecule has 0 aliphatic carbocycles. The molecule has 0 bridgehead atoms. The first-order valence-electron chi connectivity index (χ1n) is 10.3. The number of rotatable bonds is 3. The average molecular weight is 422 g/mol. The van der Waals surface area contributed by atoms with Crippen molar-refractivity contribution < 1.29 is 19.4 Å². The Bertz CT molecular complexity index is 1170. The third-order valence-corrected chi connectivity index (χ3v) is 6.12. The summed E-state index contributed by atoms with van der Waals surface area (Å²) in [6, 6.07) is 9.62. The van der Waals surface area contributed by atoms with Gasteiger partial charge in [0.1, 0.15) is 23.3 Å². The van der Waals surface area contributed by atoms with Crippen LogP contribution in [-0.4, -0.2) is 51.2 Å². The van der Waals surface area contributed by atoms with Crippen molar-refractivity contribution in [2.75, 3.05) is 25.0 Å². The fourth-order valence-corrected chi connectivity index (χ4v) is 4.60. The number of anilines is 1. The summed E-state index contributed by atoms with van der Waals surface area (Å²) in [5, 5.41) is 22.8. The summed E-state index contributed by atoms with van der Waals surface area (Å²) in [6.07, 6.45) is 1.34. The number of urea groups is 1. The number of hydrogen-bond donors (Lipinski definition) is 2. The molecule has 0 radical (unpaired) electrons. The number of aliphatic hydroxyl groups is 1. The van der Waals surface area contributed by atoms with E-state index in [1.165, 1.54) is 12.1 Å². The maximum absolute atomic E-state index is 13.3. The first-order chi connectivity index (χ1) is 15.0. The number of benzene rings is 2. The highest BCUT2D eigenvalue weighted by molar-refractivity contribution is 6.06. The number of carbonyl (C=O) groups is 1. The zero-order valence-corrected chi connectivity index (χ0v) is 17.1. The minimum Gasteiger partial charge on any atom is -0.505 e. The lowest BCUT2D eigenvalue weighted by atomic mass is 9.99.